The molecule has 0 bridgehead atoms. The summed E-state index contributed by atoms with van der Waals surface area (Å²) < 4.78 is 5.17. The number of rotatable bonds is 14. The van der Waals surface area contributed by atoms with Crippen molar-refractivity contribution in [2.45, 2.75) is 91.4 Å². The first-order valence-electron chi connectivity index (χ1n) is 8.80. The van der Waals surface area contributed by atoms with Crippen LogP contribution in [0.2, 0.25) is 0 Å². The Bertz CT molecular complexity index is 274. The standard InChI is InChI=1S/C18H34O3/c1-4-6-7-8-9-10-11-12-13-14-15-21-18(20)17(5-2)16(3)19/h17H,4-15H2,1-3H3. The average Bonchev–Trinajstić information content (AvgIpc) is 2.45. The summed E-state index contributed by atoms with van der Waals surface area (Å²) in [5.74, 6) is -1.00. The lowest BCUT2D eigenvalue weighted by Crippen LogP contribution is -2.23. The predicted octanol–water partition coefficient (Wildman–Crippen LogP) is 5.07. The smallest absolute Gasteiger partial charge is 0.316 e. The number of carbonyl (C=O) groups is 2. The zero-order valence-electron chi connectivity index (χ0n) is 14.3. The molecule has 0 aromatic carbocycles. The van der Waals surface area contributed by atoms with Crippen LogP contribution < -0.4 is 0 Å². The molecule has 0 aromatic rings. The number of esters is 1. The molecule has 0 radical (unpaired) electrons. The molecule has 0 heterocycles. The average molecular weight is 298 g/mol. The highest BCUT2D eigenvalue weighted by Crippen LogP contribution is 2.11. The summed E-state index contributed by atoms with van der Waals surface area (Å²) in [4.78, 5) is 22.8. The molecule has 0 N–H and O–H groups in total. The van der Waals surface area contributed by atoms with Gasteiger partial charge in [0.25, 0.3) is 0 Å². The van der Waals surface area contributed by atoms with Gasteiger partial charge in [-0.05, 0) is 19.8 Å². The number of ketones is 1. The Balaban J connectivity index is 3.36. The summed E-state index contributed by atoms with van der Waals surface area (Å²) in [5, 5.41) is 0. The van der Waals surface area contributed by atoms with Crippen LogP contribution in [0.3, 0.4) is 0 Å². The first-order chi connectivity index (χ1) is 10.1. The van der Waals surface area contributed by atoms with E-state index < -0.39 is 5.92 Å². The summed E-state index contributed by atoms with van der Waals surface area (Å²) in [6.07, 6.45) is 13.2. The lowest BCUT2D eigenvalue weighted by Gasteiger charge is -2.10. The quantitative estimate of drug-likeness (QED) is 0.255. The zero-order chi connectivity index (χ0) is 15.9. The van der Waals surface area contributed by atoms with Gasteiger partial charge < -0.3 is 4.74 Å². The molecule has 0 rings (SSSR count). The van der Waals surface area contributed by atoms with Gasteiger partial charge in [-0.25, -0.2) is 0 Å². The summed E-state index contributed by atoms with van der Waals surface area (Å²) in [6, 6.07) is 0. The topological polar surface area (TPSA) is 43.4 Å². The van der Waals surface area contributed by atoms with E-state index >= 15 is 0 Å². The van der Waals surface area contributed by atoms with E-state index in [0.717, 1.165) is 12.8 Å². The van der Waals surface area contributed by atoms with Crippen LogP contribution in [0.15, 0.2) is 0 Å². The van der Waals surface area contributed by atoms with Crippen LogP contribution in [-0.4, -0.2) is 18.4 Å². The molecule has 21 heavy (non-hydrogen) atoms. The molecule has 0 saturated carbocycles. The van der Waals surface area contributed by atoms with E-state index in [9.17, 15) is 9.59 Å². The van der Waals surface area contributed by atoms with Crippen LogP contribution >= 0.6 is 0 Å². The van der Waals surface area contributed by atoms with Crippen molar-refractivity contribution < 1.29 is 14.3 Å². The Morgan fingerprint density at radius 3 is 1.71 bits per heavy atom. The Hall–Kier alpha value is -0.860. The van der Waals surface area contributed by atoms with Crippen molar-refractivity contribution in [3.8, 4) is 0 Å². The molecular formula is C18H34O3. The second-order valence-corrected chi connectivity index (χ2v) is 5.92. The van der Waals surface area contributed by atoms with Gasteiger partial charge in [0.2, 0.25) is 0 Å². The van der Waals surface area contributed by atoms with Crippen LogP contribution in [0.4, 0.5) is 0 Å². The van der Waals surface area contributed by atoms with E-state index in [-0.39, 0.29) is 11.8 Å². The van der Waals surface area contributed by atoms with Crippen molar-refractivity contribution in [2.24, 2.45) is 5.92 Å². The van der Waals surface area contributed by atoms with Gasteiger partial charge in [-0.3, -0.25) is 9.59 Å². The fourth-order valence-electron chi connectivity index (χ4n) is 2.48. The van der Waals surface area contributed by atoms with Gasteiger partial charge >= 0.3 is 5.97 Å². The van der Waals surface area contributed by atoms with Crippen LogP contribution in [0.25, 0.3) is 0 Å². The predicted molar refractivity (Wildman–Crippen MR) is 87.3 cm³/mol. The third-order valence-electron chi connectivity index (χ3n) is 3.93. The Morgan fingerprint density at radius 1 is 0.810 bits per heavy atom. The molecule has 0 spiro atoms. The monoisotopic (exact) mass is 298 g/mol. The minimum atomic E-state index is -0.562. The molecule has 0 amide bonds. The molecule has 1 unspecified atom stereocenters. The molecule has 0 aliphatic carbocycles. The van der Waals surface area contributed by atoms with E-state index in [0.29, 0.717) is 13.0 Å². The molecule has 124 valence electrons. The zero-order valence-corrected chi connectivity index (χ0v) is 14.3. The van der Waals surface area contributed by atoms with Crippen LogP contribution in [0.1, 0.15) is 91.4 Å². The van der Waals surface area contributed by atoms with Gasteiger partial charge in [-0.15, -0.1) is 0 Å². The van der Waals surface area contributed by atoms with Gasteiger partial charge in [-0.1, -0.05) is 71.6 Å². The molecule has 0 fully saturated rings. The Morgan fingerprint density at radius 2 is 1.29 bits per heavy atom. The fraction of sp³-hybridized carbons (Fsp3) is 0.889. The molecule has 0 aliphatic heterocycles. The second-order valence-electron chi connectivity index (χ2n) is 5.92. The Kier molecular flexibility index (Phi) is 13.5. The highest BCUT2D eigenvalue weighted by molar-refractivity contribution is 5.97. The summed E-state index contributed by atoms with van der Waals surface area (Å²) in [7, 11) is 0. The van der Waals surface area contributed by atoms with Gasteiger partial charge in [0.15, 0.2) is 0 Å². The van der Waals surface area contributed by atoms with E-state index in [1.54, 1.807) is 0 Å². The van der Waals surface area contributed by atoms with Crippen LogP contribution in [0, 0.1) is 5.92 Å². The lowest BCUT2D eigenvalue weighted by atomic mass is 10.0. The number of ether oxygens (including phenoxy) is 1. The third-order valence-corrected chi connectivity index (χ3v) is 3.93. The molecule has 0 aliphatic rings. The van der Waals surface area contributed by atoms with Crippen molar-refractivity contribution >= 4 is 11.8 Å². The van der Waals surface area contributed by atoms with Crippen molar-refractivity contribution in [3.05, 3.63) is 0 Å². The Labute approximate surface area is 130 Å². The van der Waals surface area contributed by atoms with Gasteiger partial charge in [0.05, 0.1) is 6.61 Å². The van der Waals surface area contributed by atoms with Crippen molar-refractivity contribution in [1.82, 2.24) is 0 Å². The fourth-order valence-corrected chi connectivity index (χ4v) is 2.48. The van der Waals surface area contributed by atoms with Crippen molar-refractivity contribution in [3.63, 3.8) is 0 Å². The normalized spacial score (nSPS) is 12.1. The molecule has 3 nitrogen and oxygen atoms in total. The lowest BCUT2D eigenvalue weighted by molar-refractivity contribution is -0.151. The molecule has 0 saturated heterocycles. The molecule has 1 atom stereocenters. The SMILES string of the molecule is CCCCCCCCCCCCOC(=O)C(CC)C(C)=O. The number of hydrogen-bond donors (Lipinski definition) is 0. The molecular weight excluding hydrogens is 264 g/mol. The number of carbonyl (C=O) groups excluding carboxylic acids is 2. The van der Waals surface area contributed by atoms with Crippen LogP contribution in [-0.2, 0) is 14.3 Å². The largest absolute Gasteiger partial charge is 0.465 e. The maximum atomic E-state index is 11.6. The number of hydrogen-bond acceptors (Lipinski definition) is 3. The number of Topliss-reactive ketones (excluding diaryl/α,β-unsaturated/α-hetero) is 1. The highest BCUT2D eigenvalue weighted by Gasteiger charge is 2.22. The van der Waals surface area contributed by atoms with E-state index in [4.69, 9.17) is 4.74 Å². The maximum Gasteiger partial charge on any atom is 0.316 e. The summed E-state index contributed by atoms with van der Waals surface area (Å²) >= 11 is 0. The van der Waals surface area contributed by atoms with Crippen molar-refractivity contribution in [2.75, 3.05) is 6.61 Å². The first kappa shape index (κ1) is 20.1. The number of unbranched alkanes of at least 4 members (excludes halogenated alkanes) is 9. The van der Waals surface area contributed by atoms with E-state index in [1.165, 1.54) is 58.3 Å². The van der Waals surface area contributed by atoms with E-state index in [2.05, 4.69) is 6.92 Å². The summed E-state index contributed by atoms with van der Waals surface area (Å²) in [5.41, 5.74) is 0. The maximum absolute atomic E-state index is 11.6. The first-order valence-corrected chi connectivity index (χ1v) is 8.80. The van der Waals surface area contributed by atoms with Crippen molar-refractivity contribution in [1.29, 1.82) is 0 Å². The molecule has 0 aromatic heterocycles. The van der Waals surface area contributed by atoms with Gasteiger partial charge in [0, 0.05) is 0 Å². The minimum absolute atomic E-state index is 0.0921. The molecule has 3 heteroatoms. The van der Waals surface area contributed by atoms with Gasteiger partial charge in [0.1, 0.15) is 11.7 Å². The van der Waals surface area contributed by atoms with Crippen LogP contribution in [0.5, 0.6) is 0 Å². The highest BCUT2D eigenvalue weighted by atomic mass is 16.5. The minimum Gasteiger partial charge on any atom is -0.465 e. The van der Waals surface area contributed by atoms with E-state index in [1.807, 2.05) is 6.92 Å². The van der Waals surface area contributed by atoms with Gasteiger partial charge in [-0.2, -0.15) is 0 Å². The third kappa shape index (κ3) is 11.5. The summed E-state index contributed by atoms with van der Waals surface area (Å²) in [6.45, 7) is 5.99. The second kappa shape index (κ2) is 14.1.